The van der Waals surface area contributed by atoms with E-state index in [1.54, 1.807) is 24.3 Å². The van der Waals surface area contributed by atoms with Gasteiger partial charge < -0.3 is 9.84 Å². The Balaban J connectivity index is 1.71. The van der Waals surface area contributed by atoms with E-state index in [4.69, 9.17) is 4.74 Å². The number of carbonyl (C=O) groups is 1. The fraction of sp³-hybridized carbons (Fsp3) is 0.120. The Labute approximate surface area is 197 Å². The van der Waals surface area contributed by atoms with Gasteiger partial charge >= 0.3 is 16.2 Å². The molecule has 4 aromatic rings. The summed E-state index contributed by atoms with van der Waals surface area (Å²) in [6.07, 6.45) is 0.896. The molecule has 1 aromatic heterocycles. The summed E-state index contributed by atoms with van der Waals surface area (Å²) in [5.74, 6) is -0.804. The van der Waals surface area contributed by atoms with E-state index in [1.807, 2.05) is 31.2 Å². The first kappa shape index (κ1) is 24.5. The van der Waals surface area contributed by atoms with Gasteiger partial charge in [0.1, 0.15) is 10.6 Å². The van der Waals surface area contributed by atoms with Crippen molar-refractivity contribution in [2.24, 2.45) is 0 Å². The van der Waals surface area contributed by atoms with Crippen molar-refractivity contribution in [3.8, 4) is 28.1 Å². The molecule has 4 rings (SSSR count). The number of rotatable bonds is 7. The summed E-state index contributed by atoms with van der Waals surface area (Å²) >= 11 is 0. The molecule has 0 atom stereocenters. The molecule has 3 aromatic carbocycles. The first-order valence-corrected chi connectivity index (χ1v) is 12.5. The molecule has 35 heavy (non-hydrogen) atoms. The fourth-order valence-electron chi connectivity index (χ4n) is 3.57. The number of aromatic nitrogens is 1. The number of ether oxygens (including phenoxy) is 1. The fourth-order valence-corrected chi connectivity index (χ4v) is 4.23. The highest BCUT2D eigenvalue weighted by Crippen LogP contribution is 3.02. The quantitative estimate of drug-likeness (QED) is 0.253. The number of fused-ring (bicyclic) bond motifs is 1. The van der Waals surface area contributed by atoms with Gasteiger partial charge in [0.25, 0.3) is 0 Å². The summed E-state index contributed by atoms with van der Waals surface area (Å²) < 4.78 is 71.7. The van der Waals surface area contributed by atoms with Crippen LogP contribution in [0.3, 0.4) is 0 Å². The highest BCUT2D eigenvalue weighted by atomic mass is 32.5. The van der Waals surface area contributed by atoms with Gasteiger partial charge in [0, 0.05) is 10.9 Å². The molecule has 0 amide bonds. The van der Waals surface area contributed by atoms with Crippen molar-refractivity contribution in [2.45, 2.75) is 18.2 Å². The van der Waals surface area contributed by atoms with Crippen molar-refractivity contribution in [2.75, 3.05) is 6.61 Å². The van der Waals surface area contributed by atoms with Crippen molar-refractivity contribution >= 4 is 27.1 Å². The minimum atomic E-state index is -9.98. The zero-order chi connectivity index (χ0) is 25.5. The summed E-state index contributed by atoms with van der Waals surface area (Å²) in [6, 6.07) is 16.7. The molecular formula is C25H20F5NO3S. The molecule has 0 aliphatic carbocycles. The lowest BCUT2D eigenvalue weighted by Gasteiger charge is -2.40. The van der Waals surface area contributed by atoms with Gasteiger partial charge in [-0.3, -0.25) is 0 Å². The second kappa shape index (κ2) is 7.94. The average molecular weight is 509 g/mol. The third kappa shape index (κ3) is 5.37. The summed E-state index contributed by atoms with van der Waals surface area (Å²) in [4.78, 5) is 13.8. The van der Waals surface area contributed by atoms with E-state index in [0.717, 1.165) is 35.4 Å². The van der Waals surface area contributed by atoms with Crippen LogP contribution in [0, 0.1) is 0 Å². The molecule has 4 nitrogen and oxygen atoms in total. The molecule has 184 valence electrons. The van der Waals surface area contributed by atoms with Gasteiger partial charge in [0.05, 0.1) is 23.4 Å². The third-order valence-corrected chi connectivity index (χ3v) is 6.44. The van der Waals surface area contributed by atoms with Gasteiger partial charge in [-0.25, -0.2) is 9.78 Å². The summed E-state index contributed by atoms with van der Waals surface area (Å²) in [6.45, 7) is 2.63. The lowest BCUT2D eigenvalue weighted by molar-refractivity contribution is 0.0699. The number of aromatic carboxylic acids is 1. The molecule has 0 aliphatic rings. The summed E-state index contributed by atoms with van der Waals surface area (Å²) in [7, 11) is -9.98. The Morgan fingerprint density at radius 3 is 1.97 bits per heavy atom. The van der Waals surface area contributed by atoms with Crippen molar-refractivity contribution < 1.29 is 34.1 Å². The molecule has 0 unspecified atom stereocenters. The van der Waals surface area contributed by atoms with E-state index in [2.05, 4.69) is 4.98 Å². The van der Waals surface area contributed by atoms with E-state index < -0.39 is 32.0 Å². The predicted molar refractivity (Wildman–Crippen MR) is 127 cm³/mol. The van der Waals surface area contributed by atoms with Gasteiger partial charge in [0.2, 0.25) is 0 Å². The highest BCUT2D eigenvalue weighted by molar-refractivity contribution is 8.45. The minimum Gasteiger partial charge on any atom is -0.494 e. The third-order valence-electron chi connectivity index (χ3n) is 5.30. The smallest absolute Gasteiger partial charge is 0.336 e. The first-order valence-electron chi connectivity index (χ1n) is 10.5. The molecule has 10 heteroatoms. The number of pyridine rings is 1. The van der Waals surface area contributed by atoms with Crippen LogP contribution in [0.4, 0.5) is 19.4 Å². The Hall–Kier alpha value is -3.66. The summed E-state index contributed by atoms with van der Waals surface area (Å²) in [5, 5.41) is 9.03. The summed E-state index contributed by atoms with van der Waals surface area (Å²) in [5.41, 5.74) is 1.79. The molecule has 0 radical (unpaired) electrons. The van der Waals surface area contributed by atoms with Crippen molar-refractivity contribution in [1.82, 2.24) is 4.98 Å². The van der Waals surface area contributed by atoms with Gasteiger partial charge in [0.15, 0.2) is 0 Å². The Morgan fingerprint density at radius 2 is 1.43 bits per heavy atom. The minimum absolute atomic E-state index is 0.141. The van der Waals surface area contributed by atoms with Crippen LogP contribution in [-0.4, -0.2) is 22.7 Å². The number of hydrogen-bond acceptors (Lipinski definition) is 3. The lowest BCUT2D eigenvalue weighted by Crippen LogP contribution is -2.07. The maximum atomic E-state index is 13.2. The Kier molecular flexibility index (Phi) is 5.55. The molecule has 0 fully saturated rings. The van der Waals surface area contributed by atoms with Crippen LogP contribution in [-0.2, 0) is 0 Å². The zero-order valence-corrected chi connectivity index (χ0v) is 19.2. The van der Waals surface area contributed by atoms with Gasteiger partial charge in [-0.1, -0.05) is 62.8 Å². The maximum absolute atomic E-state index is 13.2. The van der Waals surface area contributed by atoms with Crippen LogP contribution in [0.15, 0.2) is 77.7 Å². The lowest BCUT2D eigenvalue weighted by atomic mass is 10.0. The molecule has 0 spiro atoms. The largest absolute Gasteiger partial charge is 0.494 e. The Bertz CT molecular complexity index is 1420. The maximum Gasteiger partial charge on any atom is 0.336 e. The highest BCUT2D eigenvalue weighted by Gasteiger charge is 2.65. The molecule has 0 aliphatic heterocycles. The normalized spacial score (nSPS) is 13.8. The van der Waals surface area contributed by atoms with Crippen molar-refractivity contribution in [3.63, 3.8) is 0 Å². The van der Waals surface area contributed by atoms with E-state index in [9.17, 15) is 29.3 Å². The van der Waals surface area contributed by atoms with E-state index >= 15 is 0 Å². The van der Waals surface area contributed by atoms with E-state index in [1.165, 1.54) is 0 Å². The number of carboxylic acid groups (broad SMARTS) is 1. The number of carboxylic acids is 1. The van der Waals surface area contributed by atoms with Gasteiger partial charge in [-0.15, -0.1) is 0 Å². The second-order valence-electron chi connectivity index (χ2n) is 7.96. The SMILES string of the molecule is CCCOc1ccc(-c2ccc(-c3cc(C(=O)O)c4cc(S(F)(F)(F)(F)F)ccc4n3)cc2)cc1. The molecule has 1 heterocycles. The number of hydrogen-bond donors (Lipinski definition) is 1. The predicted octanol–water partition coefficient (Wildman–Crippen LogP) is 8.71. The van der Waals surface area contributed by atoms with Crippen molar-refractivity contribution in [3.05, 3.63) is 78.4 Å². The van der Waals surface area contributed by atoms with Crippen LogP contribution in [0.1, 0.15) is 23.7 Å². The van der Waals surface area contributed by atoms with Crippen LogP contribution in [0.2, 0.25) is 0 Å². The molecule has 0 saturated heterocycles. The number of halogens is 5. The first-order chi connectivity index (χ1) is 16.2. The average Bonchev–Trinajstić information content (AvgIpc) is 2.80. The second-order valence-corrected chi connectivity index (χ2v) is 10.4. The molecule has 0 bridgehead atoms. The topological polar surface area (TPSA) is 59.4 Å². The number of benzene rings is 3. The Morgan fingerprint density at radius 1 is 0.857 bits per heavy atom. The standard InChI is InChI=1S/C25H20F5NO3S/c1-2-13-34-19-9-7-17(8-10-19)16-3-5-18(6-4-16)24-15-22(25(32)33)21-14-20(11-12-23(21)31-24)35(26,27,28,29)30/h3-12,14-15H,2,13H2,1H3,(H,32,33). The molecule has 1 N–H and O–H groups in total. The van der Waals surface area contributed by atoms with Crippen LogP contribution in [0.25, 0.3) is 33.3 Å². The van der Waals surface area contributed by atoms with Crippen LogP contribution >= 0.6 is 10.2 Å². The van der Waals surface area contributed by atoms with Crippen LogP contribution < -0.4 is 4.74 Å². The molecular weight excluding hydrogens is 489 g/mol. The zero-order valence-electron chi connectivity index (χ0n) is 18.4. The number of nitrogens with zero attached hydrogens (tertiary/aromatic N) is 1. The van der Waals surface area contributed by atoms with Crippen LogP contribution in [0.5, 0.6) is 5.75 Å². The van der Waals surface area contributed by atoms with E-state index in [-0.39, 0.29) is 23.3 Å². The molecule has 0 saturated carbocycles. The monoisotopic (exact) mass is 509 g/mol. The van der Waals surface area contributed by atoms with Gasteiger partial charge in [-0.2, -0.15) is 0 Å². The van der Waals surface area contributed by atoms with Crippen molar-refractivity contribution in [1.29, 1.82) is 0 Å². The van der Waals surface area contributed by atoms with Gasteiger partial charge in [-0.05, 0) is 53.9 Å². The van der Waals surface area contributed by atoms with E-state index in [0.29, 0.717) is 12.2 Å².